The number of hydrogen-bond acceptors (Lipinski definition) is 3. The second-order valence-corrected chi connectivity index (χ2v) is 5.77. The van der Waals surface area contributed by atoms with Crippen LogP contribution in [-0.2, 0) is 15.9 Å². The fourth-order valence-corrected chi connectivity index (χ4v) is 2.13. The molecule has 2 atom stereocenters. The van der Waals surface area contributed by atoms with E-state index >= 15 is 0 Å². The van der Waals surface area contributed by atoms with Crippen molar-refractivity contribution in [3.63, 3.8) is 0 Å². The van der Waals surface area contributed by atoms with Crippen molar-refractivity contribution >= 4 is 0 Å². The fraction of sp³-hybridized carbons (Fsp3) is 0.200. The van der Waals surface area contributed by atoms with Crippen molar-refractivity contribution < 1.29 is 14.9 Å². The molecule has 0 aromatic heterocycles. The predicted octanol–water partition coefficient (Wildman–Crippen LogP) is 3.85. The van der Waals surface area contributed by atoms with Crippen LogP contribution in [0.25, 0.3) is 0 Å². The van der Waals surface area contributed by atoms with Crippen molar-refractivity contribution in [2.75, 3.05) is 0 Å². The van der Waals surface area contributed by atoms with Crippen LogP contribution in [0.15, 0.2) is 85.3 Å². The summed E-state index contributed by atoms with van der Waals surface area (Å²) in [6, 6.07) is 18.7. The summed E-state index contributed by atoms with van der Waals surface area (Å²) in [5.74, 6) is 0. The average molecular weight is 310 g/mol. The standard InChI is InChI=1S/C20H22O3/c1-19(21,17-9-5-3-6-10-17)13-15-23-16-14-20(2,22)18-11-7-4-8-12-18/h3-16,21-22H,1-2H3. The predicted molar refractivity (Wildman–Crippen MR) is 91.4 cm³/mol. The number of ether oxygens (including phenoxy) is 1. The van der Waals surface area contributed by atoms with E-state index in [1.54, 1.807) is 26.0 Å². The summed E-state index contributed by atoms with van der Waals surface area (Å²) in [5.41, 5.74) is -0.672. The van der Waals surface area contributed by atoms with Crippen LogP contribution in [0.3, 0.4) is 0 Å². The van der Waals surface area contributed by atoms with Gasteiger partial charge in [-0.3, -0.25) is 0 Å². The number of hydrogen-bond donors (Lipinski definition) is 2. The molecule has 0 aliphatic rings. The minimum absolute atomic E-state index is 0.778. The summed E-state index contributed by atoms with van der Waals surface area (Å²) in [4.78, 5) is 0. The van der Waals surface area contributed by atoms with E-state index in [-0.39, 0.29) is 0 Å². The molecular weight excluding hydrogens is 288 g/mol. The van der Waals surface area contributed by atoms with E-state index in [0.29, 0.717) is 0 Å². The molecule has 0 heterocycles. The Kier molecular flexibility index (Phi) is 5.37. The number of benzene rings is 2. The molecular formula is C20H22O3. The lowest BCUT2D eigenvalue weighted by atomic mass is 9.96. The molecule has 0 aliphatic carbocycles. The Balaban J connectivity index is 1.96. The van der Waals surface area contributed by atoms with Gasteiger partial charge >= 0.3 is 0 Å². The van der Waals surface area contributed by atoms with Gasteiger partial charge in [-0.05, 0) is 37.1 Å². The lowest BCUT2D eigenvalue weighted by molar-refractivity contribution is 0.106. The zero-order valence-corrected chi connectivity index (χ0v) is 13.4. The van der Waals surface area contributed by atoms with Crippen LogP contribution in [0.4, 0.5) is 0 Å². The van der Waals surface area contributed by atoms with E-state index in [0.717, 1.165) is 11.1 Å². The Morgan fingerprint density at radius 2 is 1.04 bits per heavy atom. The summed E-state index contributed by atoms with van der Waals surface area (Å²) in [7, 11) is 0. The van der Waals surface area contributed by atoms with Gasteiger partial charge < -0.3 is 14.9 Å². The van der Waals surface area contributed by atoms with Gasteiger partial charge in [-0.25, -0.2) is 0 Å². The highest BCUT2D eigenvalue weighted by atomic mass is 16.5. The second kappa shape index (κ2) is 7.27. The molecule has 0 bridgehead atoms. The first-order valence-electron chi connectivity index (χ1n) is 7.48. The van der Waals surface area contributed by atoms with Crippen molar-refractivity contribution in [1.29, 1.82) is 0 Å². The van der Waals surface area contributed by atoms with Crippen LogP contribution in [0, 0.1) is 0 Å². The molecule has 0 spiro atoms. The monoisotopic (exact) mass is 310 g/mol. The molecule has 2 aromatic rings. The maximum absolute atomic E-state index is 10.4. The molecule has 3 nitrogen and oxygen atoms in total. The molecule has 0 saturated carbocycles. The Labute approximate surface area is 137 Å². The molecule has 2 unspecified atom stereocenters. The summed E-state index contributed by atoms with van der Waals surface area (Å²) >= 11 is 0. The smallest absolute Gasteiger partial charge is 0.108 e. The van der Waals surface area contributed by atoms with Gasteiger partial charge in [0.15, 0.2) is 0 Å². The Morgan fingerprint density at radius 3 is 1.39 bits per heavy atom. The van der Waals surface area contributed by atoms with Gasteiger partial charge in [0.25, 0.3) is 0 Å². The first-order valence-corrected chi connectivity index (χ1v) is 7.48. The number of aliphatic hydroxyl groups is 2. The molecule has 3 heteroatoms. The molecule has 0 amide bonds. The van der Waals surface area contributed by atoms with Crippen molar-refractivity contribution in [3.8, 4) is 0 Å². The topological polar surface area (TPSA) is 49.7 Å². The maximum Gasteiger partial charge on any atom is 0.108 e. The molecule has 2 N–H and O–H groups in total. The van der Waals surface area contributed by atoms with Gasteiger partial charge in [-0.15, -0.1) is 0 Å². The van der Waals surface area contributed by atoms with Gasteiger partial charge in [-0.1, -0.05) is 60.7 Å². The largest absolute Gasteiger partial charge is 0.473 e. The van der Waals surface area contributed by atoms with E-state index in [1.807, 2.05) is 60.7 Å². The highest BCUT2D eigenvalue weighted by molar-refractivity contribution is 5.27. The highest BCUT2D eigenvalue weighted by Gasteiger charge is 2.19. The van der Waals surface area contributed by atoms with Crippen molar-refractivity contribution in [2.45, 2.75) is 25.0 Å². The molecule has 23 heavy (non-hydrogen) atoms. The highest BCUT2D eigenvalue weighted by Crippen LogP contribution is 2.23. The summed E-state index contributed by atoms with van der Waals surface area (Å²) in [5, 5.41) is 20.8. The zero-order chi connectivity index (χ0) is 16.8. The first kappa shape index (κ1) is 17.0. The first-order chi connectivity index (χ1) is 10.9. The summed E-state index contributed by atoms with van der Waals surface area (Å²) < 4.78 is 5.27. The lowest BCUT2D eigenvalue weighted by Crippen LogP contribution is -2.18. The Morgan fingerprint density at radius 1 is 0.696 bits per heavy atom. The molecule has 0 radical (unpaired) electrons. The van der Waals surface area contributed by atoms with Crippen LogP contribution in [0.5, 0.6) is 0 Å². The van der Waals surface area contributed by atoms with E-state index in [1.165, 1.54) is 12.5 Å². The quantitative estimate of drug-likeness (QED) is 0.797. The van der Waals surface area contributed by atoms with Gasteiger partial charge in [0, 0.05) is 0 Å². The third-order valence-corrected chi connectivity index (χ3v) is 3.66. The zero-order valence-electron chi connectivity index (χ0n) is 13.4. The lowest BCUT2D eigenvalue weighted by Gasteiger charge is -2.19. The van der Waals surface area contributed by atoms with Crippen LogP contribution < -0.4 is 0 Å². The van der Waals surface area contributed by atoms with Crippen LogP contribution in [-0.4, -0.2) is 10.2 Å². The van der Waals surface area contributed by atoms with Gasteiger partial charge in [0.2, 0.25) is 0 Å². The molecule has 0 aliphatic heterocycles. The maximum atomic E-state index is 10.4. The third-order valence-electron chi connectivity index (χ3n) is 3.66. The normalized spacial score (nSPS) is 17.0. The van der Waals surface area contributed by atoms with Crippen molar-refractivity contribution in [3.05, 3.63) is 96.5 Å². The van der Waals surface area contributed by atoms with Gasteiger partial charge in [0.1, 0.15) is 11.2 Å². The van der Waals surface area contributed by atoms with E-state index in [9.17, 15) is 10.2 Å². The summed E-state index contributed by atoms with van der Waals surface area (Å²) in [6.45, 7) is 3.37. The Bertz CT molecular complexity index is 596. The fourth-order valence-electron chi connectivity index (χ4n) is 2.13. The van der Waals surface area contributed by atoms with E-state index in [4.69, 9.17) is 4.74 Å². The van der Waals surface area contributed by atoms with Crippen LogP contribution >= 0.6 is 0 Å². The second-order valence-electron chi connectivity index (χ2n) is 5.77. The van der Waals surface area contributed by atoms with Crippen LogP contribution in [0.1, 0.15) is 25.0 Å². The van der Waals surface area contributed by atoms with Crippen molar-refractivity contribution in [2.24, 2.45) is 0 Å². The van der Waals surface area contributed by atoms with E-state index in [2.05, 4.69) is 0 Å². The molecule has 0 saturated heterocycles. The molecule has 2 aromatic carbocycles. The van der Waals surface area contributed by atoms with Crippen molar-refractivity contribution in [1.82, 2.24) is 0 Å². The molecule has 120 valence electrons. The number of rotatable bonds is 6. The molecule has 2 rings (SSSR count). The SMILES string of the molecule is CC(O)(C=COC=CC(C)(O)c1ccccc1)c1ccccc1. The van der Waals surface area contributed by atoms with Gasteiger partial charge in [-0.2, -0.15) is 0 Å². The third kappa shape index (κ3) is 4.81. The van der Waals surface area contributed by atoms with E-state index < -0.39 is 11.2 Å². The van der Waals surface area contributed by atoms with Gasteiger partial charge in [0.05, 0.1) is 12.5 Å². The summed E-state index contributed by atoms with van der Waals surface area (Å²) in [6.07, 6.45) is 5.93. The Hall–Kier alpha value is -2.36. The minimum atomic E-state index is -1.11. The molecule has 0 fully saturated rings. The average Bonchev–Trinajstić information content (AvgIpc) is 2.56. The van der Waals surface area contributed by atoms with Crippen LogP contribution in [0.2, 0.25) is 0 Å². The minimum Gasteiger partial charge on any atom is -0.473 e.